The van der Waals surface area contributed by atoms with Crippen molar-refractivity contribution in [1.82, 2.24) is 0 Å². The molecule has 1 aliphatic rings. The molecule has 0 unspecified atom stereocenters. The monoisotopic (exact) mass is 365 g/mol. The number of carbonyl (C=O) groups excluding carboxylic acids is 1. The lowest BCUT2D eigenvalue weighted by atomic mass is 10.1. The number of piperazine rings is 1. The van der Waals surface area contributed by atoms with Crippen LogP contribution in [-0.4, -0.2) is 45.2 Å². The van der Waals surface area contributed by atoms with E-state index in [0.717, 1.165) is 37.6 Å². The first-order valence-electron chi connectivity index (χ1n) is 9.15. The predicted molar refractivity (Wildman–Crippen MR) is 105 cm³/mol. The van der Waals surface area contributed by atoms with E-state index < -0.39 is 0 Å². The first kappa shape index (κ1) is 18.7. The number of hydrogen-bond acceptors (Lipinski definition) is 4. The van der Waals surface area contributed by atoms with Crippen LogP contribution in [0.1, 0.15) is 12.5 Å². The molecule has 6 nitrogen and oxygen atoms in total. The van der Waals surface area contributed by atoms with Gasteiger partial charge in [0.2, 0.25) is 0 Å². The maximum atomic E-state index is 12.6. The van der Waals surface area contributed by atoms with Gasteiger partial charge >= 0.3 is 0 Å². The molecule has 6 heteroatoms. The fraction of sp³-hybridized carbons (Fsp3) is 0.333. The summed E-state index contributed by atoms with van der Waals surface area (Å²) >= 11 is 0. The highest BCUT2D eigenvalue weighted by molar-refractivity contribution is 5.93. The summed E-state index contributed by atoms with van der Waals surface area (Å²) in [5.74, 6) is 0.865. The first-order chi connectivity index (χ1) is 13.1. The second-order valence-corrected chi connectivity index (χ2v) is 6.74. The number of amides is 1. The van der Waals surface area contributed by atoms with Gasteiger partial charge in [-0.2, -0.15) is 5.26 Å². The van der Waals surface area contributed by atoms with E-state index in [0.29, 0.717) is 5.56 Å². The molecule has 1 aliphatic heterocycles. The van der Waals surface area contributed by atoms with Gasteiger partial charge in [0.1, 0.15) is 5.75 Å². The molecule has 0 radical (unpaired) electrons. The van der Waals surface area contributed by atoms with Gasteiger partial charge in [-0.3, -0.25) is 4.79 Å². The number of nitrogens with one attached hydrogen (secondary N) is 2. The molecule has 3 rings (SSSR count). The highest BCUT2D eigenvalue weighted by atomic mass is 16.5. The zero-order chi connectivity index (χ0) is 19.2. The third-order valence-electron chi connectivity index (χ3n) is 5.13. The SMILES string of the molecule is COc1ccc(N2CC[NH+]([C@@H](C)C(=O)Nc3ccc(C#N)cc3)CC2)cc1. The van der Waals surface area contributed by atoms with Gasteiger partial charge in [-0.25, -0.2) is 0 Å². The Morgan fingerprint density at radius 3 is 2.33 bits per heavy atom. The average Bonchev–Trinajstić information content (AvgIpc) is 2.74. The lowest BCUT2D eigenvalue weighted by Gasteiger charge is -2.36. The molecular weight excluding hydrogens is 340 g/mol. The van der Waals surface area contributed by atoms with Crippen LogP contribution in [0, 0.1) is 11.3 Å². The van der Waals surface area contributed by atoms with Crippen molar-refractivity contribution in [3.8, 4) is 11.8 Å². The Hall–Kier alpha value is -3.04. The van der Waals surface area contributed by atoms with Crippen LogP contribution < -0.4 is 19.9 Å². The van der Waals surface area contributed by atoms with Crippen LogP contribution in [0.15, 0.2) is 48.5 Å². The second-order valence-electron chi connectivity index (χ2n) is 6.74. The van der Waals surface area contributed by atoms with E-state index >= 15 is 0 Å². The Kier molecular flexibility index (Phi) is 5.94. The number of nitrogens with zero attached hydrogens (tertiary/aromatic N) is 2. The smallest absolute Gasteiger partial charge is 0.282 e. The fourth-order valence-corrected chi connectivity index (χ4v) is 3.34. The average molecular weight is 365 g/mol. The Balaban J connectivity index is 1.53. The summed E-state index contributed by atoms with van der Waals surface area (Å²) in [7, 11) is 1.67. The van der Waals surface area contributed by atoms with Gasteiger partial charge in [0, 0.05) is 11.4 Å². The summed E-state index contributed by atoms with van der Waals surface area (Å²) in [4.78, 5) is 16.2. The molecule has 140 valence electrons. The summed E-state index contributed by atoms with van der Waals surface area (Å²) in [5, 5.41) is 11.8. The minimum absolute atomic E-state index is 0.00704. The van der Waals surface area contributed by atoms with Crippen molar-refractivity contribution in [2.45, 2.75) is 13.0 Å². The van der Waals surface area contributed by atoms with Crippen LogP contribution in [-0.2, 0) is 4.79 Å². The first-order valence-corrected chi connectivity index (χ1v) is 9.15. The van der Waals surface area contributed by atoms with Crippen LogP contribution in [0.3, 0.4) is 0 Å². The Labute approximate surface area is 160 Å². The largest absolute Gasteiger partial charge is 0.497 e. The molecule has 2 N–H and O–H groups in total. The molecule has 0 aromatic heterocycles. The van der Waals surface area contributed by atoms with Gasteiger partial charge < -0.3 is 19.9 Å². The second kappa shape index (κ2) is 8.56. The normalized spacial score (nSPS) is 15.7. The summed E-state index contributed by atoms with van der Waals surface area (Å²) < 4.78 is 5.21. The highest BCUT2D eigenvalue weighted by Crippen LogP contribution is 2.19. The van der Waals surface area contributed by atoms with E-state index in [2.05, 4.69) is 28.4 Å². The number of benzene rings is 2. The number of carbonyl (C=O) groups is 1. The van der Waals surface area contributed by atoms with Crippen LogP contribution in [0.2, 0.25) is 0 Å². The van der Waals surface area contributed by atoms with E-state index in [1.807, 2.05) is 19.1 Å². The van der Waals surface area contributed by atoms with Gasteiger partial charge in [0.25, 0.3) is 5.91 Å². The lowest BCUT2D eigenvalue weighted by molar-refractivity contribution is -0.914. The van der Waals surface area contributed by atoms with E-state index in [-0.39, 0.29) is 11.9 Å². The van der Waals surface area contributed by atoms with Crippen molar-refractivity contribution in [2.75, 3.05) is 43.5 Å². The molecule has 1 fully saturated rings. The predicted octanol–water partition coefficient (Wildman–Crippen LogP) is 1.30. The minimum Gasteiger partial charge on any atom is -0.497 e. The van der Waals surface area contributed by atoms with Crippen LogP contribution in [0.4, 0.5) is 11.4 Å². The maximum absolute atomic E-state index is 12.6. The number of rotatable bonds is 5. The molecular formula is C21H25N4O2+. The quantitative estimate of drug-likeness (QED) is 0.838. The lowest BCUT2D eigenvalue weighted by Crippen LogP contribution is -3.19. The minimum atomic E-state index is -0.126. The topological polar surface area (TPSA) is 69.8 Å². The molecule has 0 saturated carbocycles. The summed E-state index contributed by atoms with van der Waals surface area (Å²) in [6.45, 7) is 5.62. The molecule has 1 amide bonds. The third kappa shape index (κ3) is 4.57. The van der Waals surface area contributed by atoms with Crippen LogP contribution >= 0.6 is 0 Å². The maximum Gasteiger partial charge on any atom is 0.282 e. The van der Waals surface area contributed by atoms with E-state index in [1.165, 1.54) is 10.6 Å². The van der Waals surface area contributed by atoms with Crippen molar-refractivity contribution >= 4 is 17.3 Å². The molecule has 27 heavy (non-hydrogen) atoms. The molecule has 0 bridgehead atoms. The van der Waals surface area contributed by atoms with E-state index in [4.69, 9.17) is 10.00 Å². The third-order valence-corrected chi connectivity index (χ3v) is 5.13. The summed E-state index contributed by atoms with van der Waals surface area (Å²) in [5.41, 5.74) is 2.49. The Bertz CT molecular complexity index is 804. The molecule has 1 heterocycles. The number of ether oxygens (including phenoxy) is 1. The highest BCUT2D eigenvalue weighted by Gasteiger charge is 2.29. The number of nitriles is 1. The number of methoxy groups -OCH3 is 1. The fourth-order valence-electron chi connectivity index (χ4n) is 3.34. The van der Waals surface area contributed by atoms with Gasteiger partial charge in [0.05, 0.1) is 44.9 Å². The Morgan fingerprint density at radius 2 is 1.78 bits per heavy atom. The number of anilines is 2. The van der Waals surface area contributed by atoms with Crippen molar-refractivity contribution in [3.05, 3.63) is 54.1 Å². The molecule has 1 saturated heterocycles. The van der Waals surface area contributed by atoms with Crippen LogP contribution in [0.5, 0.6) is 5.75 Å². The van der Waals surface area contributed by atoms with Crippen molar-refractivity contribution < 1.29 is 14.4 Å². The van der Waals surface area contributed by atoms with Crippen molar-refractivity contribution in [2.24, 2.45) is 0 Å². The van der Waals surface area contributed by atoms with E-state index in [1.54, 1.807) is 31.4 Å². The van der Waals surface area contributed by atoms with Crippen molar-refractivity contribution in [3.63, 3.8) is 0 Å². The molecule has 1 atom stereocenters. The Morgan fingerprint density at radius 1 is 1.15 bits per heavy atom. The molecule has 0 spiro atoms. The van der Waals surface area contributed by atoms with Gasteiger partial charge in [-0.1, -0.05) is 0 Å². The summed E-state index contributed by atoms with van der Waals surface area (Å²) in [6.07, 6.45) is 0. The zero-order valence-corrected chi connectivity index (χ0v) is 15.7. The van der Waals surface area contributed by atoms with Crippen LogP contribution in [0.25, 0.3) is 0 Å². The van der Waals surface area contributed by atoms with E-state index in [9.17, 15) is 4.79 Å². The van der Waals surface area contributed by atoms with Crippen molar-refractivity contribution in [1.29, 1.82) is 5.26 Å². The standard InChI is InChI=1S/C21H24N4O2/c1-16(21(26)23-18-5-3-17(15-22)4-6-18)24-11-13-25(14-12-24)19-7-9-20(27-2)10-8-19/h3-10,16H,11-14H2,1-2H3,(H,23,26)/p+1/t16-/m0/s1. The molecule has 0 aliphatic carbocycles. The number of quaternary nitrogens is 1. The van der Waals surface area contributed by atoms with Gasteiger partial charge in [-0.15, -0.1) is 0 Å². The number of hydrogen-bond donors (Lipinski definition) is 2. The summed E-state index contributed by atoms with van der Waals surface area (Å²) in [6, 6.07) is 17.0. The van der Waals surface area contributed by atoms with Gasteiger partial charge in [-0.05, 0) is 55.5 Å². The zero-order valence-electron chi connectivity index (χ0n) is 15.7. The van der Waals surface area contributed by atoms with Gasteiger partial charge in [0.15, 0.2) is 6.04 Å². The molecule has 2 aromatic carbocycles. The molecule has 2 aromatic rings.